The Morgan fingerprint density at radius 3 is 2.48 bits per heavy atom. The molecule has 164 valence electrons. The van der Waals surface area contributed by atoms with Gasteiger partial charge in [0.25, 0.3) is 0 Å². The lowest BCUT2D eigenvalue weighted by Crippen LogP contribution is -2.22. The van der Waals surface area contributed by atoms with Gasteiger partial charge in [-0.15, -0.1) is 10.2 Å². The zero-order chi connectivity index (χ0) is 21.6. The highest BCUT2D eigenvalue weighted by molar-refractivity contribution is 7.99. The number of halogens is 1. The monoisotopic (exact) mass is 460 g/mol. The third-order valence-electron chi connectivity index (χ3n) is 5.01. The number of thioether (sulfide) groups is 1. The van der Waals surface area contributed by atoms with E-state index in [0.717, 1.165) is 43.3 Å². The molecule has 3 aromatic rings. The number of methoxy groups -OCH3 is 1. The minimum atomic E-state index is -0.668. The molecule has 1 aliphatic heterocycles. The van der Waals surface area contributed by atoms with E-state index in [1.807, 2.05) is 53.1 Å². The number of hydrogen-bond acceptors (Lipinski definition) is 7. The number of aromatic nitrogens is 3. The van der Waals surface area contributed by atoms with Gasteiger partial charge in [0.15, 0.2) is 5.16 Å². The van der Waals surface area contributed by atoms with Gasteiger partial charge in [-0.3, -0.25) is 4.57 Å². The molecule has 4 rings (SSSR count). The quantitative estimate of drug-likeness (QED) is 0.482. The molecule has 0 aliphatic carbocycles. The fraction of sp³-hybridized carbons (Fsp3) is 0.364. The molecule has 1 atom stereocenters. The molecule has 0 saturated carbocycles. The first-order valence-electron chi connectivity index (χ1n) is 10.2. The molecule has 1 aliphatic rings. The predicted molar refractivity (Wildman–Crippen MR) is 123 cm³/mol. The topological polar surface area (TPSA) is 72.6 Å². The number of aliphatic hydroxyl groups is 1. The molecule has 0 bridgehead atoms. The molecule has 0 radical (unpaired) electrons. The highest BCUT2D eigenvalue weighted by Crippen LogP contribution is 2.32. The van der Waals surface area contributed by atoms with Crippen LogP contribution in [0.5, 0.6) is 11.5 Å². The highest BCUT2D eigenvalue weighted by Gasteiger charge is 2.24. The Kier molecular flexibility index (Phi) is 7.21. The first-order chi connectivity index (χ1) is 15.2. The van der Waals surface area contributed by atoms with Crippen LogP contribution >= 0.6 is 23.4 Å². The van der Waals surface area contributed by atoms with E-state index in [1.165, 1.54) is 11.8 Å². The number of hydrogen-bond donors (Lipinski definition) is 1. The van der Waals surface area contributed by atoms with Gasteiger partial charge in [-0.1, -0.05) is 35.5 Å². The number of anilines is 1. The van der Waals surface area contributed by atoms with E-state index >= 15 is 0 Å². The fourth-order valence-electron chi connectivity index (χ4n) is 3.40. The Balaban J connectivity index is 1.44. The van der Waals surface area contributed by atoms with Gasteiger partial charge in [0.05, 0.1) is 23.9 Å². The number of para-hydroxylation sites is 1. The fourth-order valence-corrected chi connectivity index (χ4v) is 4.47. The molecule has 1 N–H and O–H groups in total. The SMILES string of the molecule is COc1ccc(OCC(O)CSc2nnc(N3CCCC3)n2-c2ccccc2Cl)cc1. The van der Waals surface area contributed by atoms with Crippen LogP contribution in [0.25, 0.3) is 5.69 Å². The normalized spacial score (nSPS) is 14.6. The molecule has 0 spiro atoms. The van der Waals surface area contributed by atoms with Crippen molar-refractivity contribution in [1.29, 1.82) is 0 Å². The summed E-state index contributed by atoms with van der Waals surface area (Å²) in [6.07, 6.45) is 1.61. The van der Waals surface area contributed by atoms with Crippen molar-refractivity contribution < 1.29 is 14.6 Å². The Morgan fingerprint density at radius 2 is 1.77 bits per heavy atom. The standard InChI is InChI=1S/C22H25ClN4O3S/c1-29-17-8-10-18(11-9-17)30-14-16(28)15-31-22-25-24-21(26-12-4-5-13-26)27(22)20-7-3-2-6-19(20)23/h2-3,6-11,16,28H,4-5,12-15H2,1H3. The molecular weight excluding hydrogens is 436 g/mol. The molecule has 1 unspecified atom stereocenters. The summed E-state index contributed by atoms with van der Waals surface area (Å²) in [5.74, 6) is 2.65. The third kappa shape index (κ3) is 5.26. The van der Waals surface area contributed by atoms with Gasteiger partial charge in [0.2, 0.25) is 5.95 Å². The lowest BCUT2D eigenvalue weighted by molar-refractivity contribution is 0.126. The van der Waals surface area contributed by atoms with Gasteiger partial charge in [-0.2, -0.15) is 0 Å². The second-order valence-electron chi connectivity index (χ2n) is 7.21. The Hall–Kier alpha value is -2.42. The minimum absolute atomic E-state index is 0.179. The lowest BCUT2D eigenvalue weighted by Gasteiger charge is -2.19. The predicted octanol–water partition coefficient (Wildman–Crippen LogP) is 4.06. The van der Waals surface area contributed by atoms with Crippen LogP contribution in [0.1, 0.15) is 12.8 Å². The first-order valence-corrected chi connectivity index (χ1v) is 11.5. The summed E-state index contributed by atoms with van der Waals surface area (Å²) in [7, 11) is 1.62. The summed E-state index contributed by atoms with van der Waals surface area (Å²) in [5, 5.41) is 20.6. The van der Waals surface area contributed by atoms with Crippen molar-refractivity contribution in [2.45, 2.75) is 24.1 Å². The molecule has 1 aromatic heterocycles. The average molecular weight is 461 g/mol. The van der Waals surface area contributed by atoms with Crippen LogP contribution in [0, 0.1) is 0 Å². The smallest absolute Gasteiger partial charge is 0.232 e. The Labute approximate surface area is 190 Å². The van der Waals surface area contributed by atoms with Gasteiger partial charge < -0.3 is 19.5 Å². The molecule has 1 saturated heterocycles. The van der Waals surface area contributed by atoms with Crippen molar-refractivity contribution in [3.05, 3.63) is 53.6 Å². The van der Waals surface area contributed by atoms with E-state index in [1.54, 1.807) is 7.11 Å². The second-order valence-corrected chi connectivity index (χ2v) is 8.61. The van der Waals surface area contributed by atoms with Crippen LogP contribution in [-0.2, 0) is 0 Å². The lowest BCUT2D eigenvalue weighted by atomic mass is 10.3. The summed E-state index contributed by atoms with van der Waals surface area (Å²) in [6, 6.07) is 14.9. The van der Waals surface area contributed by atoms with E-state index in [4.69, 9.17) is 21.1 Å². The maximum atomic E-state index is 10.4. The minimum Gasteiger partial charge on any atom is -0.497 e. The Morgan fingerprint density at radius 1 is 1.06 bits per heavy atom. The van der Waals surface area contributed by atoms with Gasteiger partial charge in [-0.05, 0) is 49.2 Å². The van der Waals surface area contributed by atoms with Gasteiger partial charge in [-0.25, -0.2) is 0 Å². The third-order valence-corrected chi connectivity index (χ3v) is 6.40. The van der Waals surface area contributed by atoms with Crippen molar-refractivity contribution in [2.24, 2.45) is 0 Å². The number of nitrogens with zero attached hydrogens (tertiary/aromatic N) is 4. The number of rotatable bonds is 9. The molecule has 7 nitrogen and oxygen atoms in total. The zero-order valence-corrected chi connectivity index (χ0v) is 18.8. The zero-order valence-electron chi connectivity index (χ0n) is 17.3. The largest absolute Gasteiger partial charge is 0.497 e. The van der Waals surface area contributed by atoms with Crippen molar-refractivity contribution in [1.82, 2.24) is 14.8 Å². The van der Waals surface area contributed by atoms with Gasteiger partial charge in [0.1, 0.15) is 18.1 Å². The highest BCUT2D eigenvalue weighted by atomic mass is 35.5. The van der Waals surface area contributed by atoms with Crippen LogP contribution in [0.15, 0.2) is 53.7 Å². The van der Waals surface area contributed by atoms with Crippen molar-refractivity contribution in [3.8, 4) is 17.2 Å². The van der Waals surface area contributed by atoms with Crippen LogP contribution in [0.3, 0.4) is 0 Å². The summed E-state index contributed by atoms with van der Waals surface area (Å²) in [6.45, 7) is 2.08. The van der Waals surface area contributed by atoms with Gasteiger partial charge >= 0.3 is 0 Å². The maximum Gasteiger partial charge on any atom is 0.232 e. The van der Waals surface area contributed by atoms with Crippen LogP contribution in [-0.4, -0.2) is 58.5 Å². The van der Waals surface area contributed by atoms with Crippen LogP contribution in [0.4, 0.5) is 5.95 Å². The summed E-state index contributed by atoms with van der Waals surface area (Å²) in [4.78, 5) is 2.23. The summed E-state index contributed by atoms with van der Waals surface area (Å²) >= 11 is 7.92. The molecule has 2 heterocycles. The van der Waals surface area contributed by atoms with E-state index in [0.29, 0.717) is 21.7 Å². The Bertz CT molecular complexity index is 993. The summed E-state index contributed by atoms with van der Waals surface area (Å²) in [5.41, 5.74) is 0.836. The number of benzene rings is 2. The number of ether oxygens (including phenoxy) is 2. The molecular formula is C22H25ClN4O3S. The average Bonchev–Trinajstić information content (AvgIpc) is 3.47. The van der Waals surface area contributed by atoms with Crippen LogP contribution < -0.4 is 14.4 Å². The van der Waals surface area contributed by atoms with E-state index < -0.39 is 6.10 Å². The molecule has 0 amide bonds. The van der Waals surface area contributed by atoms with E-state index in [2.05, 4.69) is 15.1 Å². The van der Waals surface area contributed by atoms with Crippen molar-refractivity contribution >= 4 is 29.3 Å². The van der Waals surface area contributed by atoms with Crippen molar-refractivity contribution in [2.75, 3.05) is 37.5 Å². The van der Waals surface area contributed by atoms with Crippen LogP contribution in [0.2, 0.25) is 5.02 Å². The maximum absolute atomic E-state index is 10.4. The van der Waals surface area contributed by atoms with E-state index in [9.17, 15) is 5.11 Å². The molecule has 2 aromatic carbocycles. The second kappa shape index (κ2) is 10.3. The van der Waals surface area contributed by atoms with E-state index in [-0.39, 0.29) is 6.61 Å². The first kappa shape index (κ1) is 21.8. The molecule has 9 heteroatoms. The summed E-state index contributed by atoms with van der Waals surface area (Å²) < 4.78 is 12.8. The van der Waals surface area contributed by atoms with Gasteiger partial charge in [0, 0.05) is 18.8 Å². The molecule has 31 heavy (non-hydrogen) atoms. The number of aliphatic hydroxyl groups excluding tert-OH is 1. The van der Waals surface area contributed by atoms with Crippen molar-refractivity contribution in [3.63, 3.8) is 0 Å². The molecule has 1 fully saturated rings.